The molecule has 0 radical (unpaired) electrons. The van der Waals surface area contributed by atoms with Gasteiger partial charge >= 0.3 is 0 Å². The number of rotatable bonds is 5. The first kappa shape index (κ1) is 45.5. The maximum Gasteiger partial charge on any atom is 0.178 e. The lowest BCUT2D eigenvalue weighted by Gasteiger charge is -2.18. The Balaban J connectivity index is 0.732. The third-order valence-corrected chi connectivity index (χ3v) is 18.0. The highest BCUT2D eigenvalue weighted by molar-refractivity contribution is 6.30. The minimum absolute atomic E-state index is 0.754. The van der Waals surface area contributed by atoms with Gasteiger partial charge in [0, 0.05) is 54.4 Å². The van der Waals surface area contributed by atoms with Crippen LogP contribution < -0.4 is 0 Å². The summed E-state index contributed by atoms with van der Waals surface area (Å²) in [5.41, 5.74) is 18.0. The van der Waals surface area contributed by atoms with Crippen molar-refractivity contribution in [2.45, 2.75) is 0 Å². The van der Waals surface area contributed by atoms with E-state index in [9.17, 15) is 0 Å². The predicted molar refractivity (Wildman–Crippen MR) is 350 cm³/mol. The van der Waals surface area contributed by atoms with E-state index in [1.165, 1.54) is 54.6 Å². The van der Waals surface area contributed by atoms with E-state index in [-0.39, 0.29) is 0 Å². The second-order valence-corrected chi connectivity index (χ2v) is 22.4. The van der Waals surface area contributed by atoms with Gasteiger partial charge in [-0.2, -0.15) is 0 Å². The maximum atomic E-state index is 7.05. The van der Waals surface area contributed by atoms with Crippen LogP contribution in [0.3, 0.4) is 0 Å². The molecule has 0 amide bonds. The van der Waals surface area contributed by atoms with Crippen LogP contribution in [-0.2, 0) is 0 Å². The van der Waals surface area contributed by atoms with Crippen LogP contribution in [0.1, 0.15) is 0 Å². The molecule has 0 bridgehead atoms. The molecule has 19 rings (SSSR count). The zero-order valence-electron chi connectivity index (χ0n) is 45.0. The third kappa shape index (κ3) is 6.36. The van der Waals surface area contributed by atoms with E-state index < -0.39 is 0 Å². The van der Waals surface area contributed by atoms with Crippen LogP contribution in [0.15, 0.2) is 285 Å². The monoisotopic (exact) mass is 1070 g/mol. The lowest BCUT2D eigenvalue weighted by molar-refractivity contribution is 0.634. The lowest BCUT2D eigenvalue weighted by Crippen LogP contribution is -1.91. The lowest BCUT2D eigenvalue weighted by atomic mass is 9.84. The first-order valence-electron chi connectivity index (χ1n) is 28.7. The Morgan fingerprint density at radius 3 is 1.25 bits per heavy atom. The van der Waals surface area contributed by atoms with Gasteiger partial charge in [0.15, 0.2) is 11.2 Å². The fraction of sp³-hybridized carbons (Fsp3) is 0. The molecular formula is C80H44O4. The number of hydrogen-bond acceptors (Lipinski definition) is 4. The summed E-state index contributed by atoms with van der Waals surface area (Å²) >= 11 is 0. The molecule has 84 heavy (non-hydrogen) atoms. The first-order chi connectivity index (χ1) is 41.7. The van der Waals surface area contributed by atoms with Gasteiger partial charge in [0.05, 0.1) is 5.39 Å². The molecule has 0 fully saturated rings. The molecule has 388 valence electrons. The molecule has 4 nitrogen and oxygen atoms in total. The first-order valence-corrected chi connectivity index (χ1v) is 28.7. The summed E-state index contributed by atoms with van der Waals surface area (Å²) in [6.45, 7) is 0. The van der Waals surface area contributed by atoms with Crippen molar-refractivity contribution in [2.24, 2.45) is 0 Å². The van der Waals surface area contributed by atoms with Gasteiger partial charge in [-0.15, -0.1) is 0 Å². The highest BCUT2D eigenvalue weighted by atomic mass is 16.4. The quantitative estimate of drug-likeness (QED) is 0.161. The summed E-state index contributed by atoms with van der Waals surface area (Å²) in [5, 5.41) is 20.2. The topological polar surface area (TPSA) is 52.6 Å². The van der Waals surface area contributed by atoms with Crippen molar-refractivity contribution in [1.82, 2.24) is 0 Å². The molecule has 0 aliphatic carbocycles. The standard InChI is InChI=1S/C80H44O4/c1-2-17-45(18-3-1)71-53-20-4-6-22-55(53)73(56-23-7-5-21-54(56)71)50-37-40-70-65(43-50)63-39-38-62-61-30-16-29-51(76(61)84-80(62)79(63)83-70)48-35-33-47-42-49(36-34-46(47)41-48)72-57-24-8-10-26-59(57)74(60-27-11-9-25-58(60)72)67-44-66-52-19-12-14-31-68(52)81-77(66)75-64-28-13-15-32-69(64)82-78(67)75/h1-44H. The van der Waals surface area contributed by atoms with Crippen LogP contribution >= 0.6 is 0 Å². The maximum absolute atomic E-state index is 7.05. The summed E-state index contributed by atoms with van der Waals surface area (Å²) in [5.74, 6) is 0. The Morgan fingerprint density at radius 1 is 0.179 bits per heavy atom. The normalized spacial score (nSPS) is 12.3. The van der Waals surface area contributed by atoms with Crippen LogP contribution in [0.25, 0.3) is 197 Å². The van der Waals surface area contributed by atoms with E-state index >= 15 is 0 Å². The van der Waals surface area contributed by atoms with Crippen molar-refractivity contribution in [2.75, 3.05) is 0 Å². The smallest absolute Gasteiger partial charge is 0.178 e. The zero-order valence-corrected chi connectivity index (χ0v) is 45.0. The second kappa shape index (κ2) is 17.2. The highest BCUT2D eigenvalue weighted by Gasteiger charge is 2.26. The van der Waals surface area contributed by atoms with Gasteiger partial charge in [0.2, 0.25) is 0 Å². The predicted octanol–water partition coefficient (Wildman–Crippen LogP) is 23.4. The molecule has 4 aromatic heterocycles. The highest BCUT2D eigenvalue weighted by Crippen LogP contribution is 2.51. The summed E-state index contributed by atoms with van der Waals surface area (Å²) in [7, 11) is 0. The molecule has 0 spiro atoms. The molecule has 4 heteroatoms. The SMILES string of the molecule is c1ccc(-c2c3ccccc3c(-c3ccc4oc5c(ccc6c7cccc(-c8ccc9cc(-c%10c%11ccccc%11c(-c%11cc%12c%13ccccc%13oc%12c%12c%11oc%11ccccc%11%12)c%11ccccc%10%11)ccc9c8)c7oc65)c4c3)c3ccccc23)cc1. The van der Waals surface area contributed by atoms with Gasteiger partial charge in [-0.25, -0.2) is 0 Å². The second-order valence-electron chi connectivity index (χ2n) is 22.4. The Hall–Kier alpha value is -11.2. The minimum atomic E-state index is 0.754. The van der Waals surface area contributed by atoms with Gasteiger partial charge in [-0.05, 0) is 147 Å². The fourth-order valence-corrected chi connectivity index (χ4v) is 14.4. The Labute approximate surface area is 479 Å². The van der Waals surface area contributed by atoms with Crippen molar-refractivity contribution in [3.8, 4) is 55.6 Å². The van der Waals surface area contributed by atoms with Crippen LogP contribution in [0.5, 0.6) is 0 Å². The average molecular weight is 1070 g/mol. The van der Waals surface area contributed by atoms with E-state index in [1.54, 1.807) is 0 Å². The fourth-order valence-electron chi connectivity index (χ4n) is 14.4. The molecule has 0 aliphatic rings. The number of benzene rings is 15. The van der Waals surface area contributed by atoms with E-state index in [1.807, 2.05) is 12.1 Å². The Kier molecular flexibility index (Phi) is 9.30. The van der Waals surface area contributed by atoms with Gasteiger partial charge in [0.1, 0.15) is 33.5 Å². The summed E-state index contributed by atoms with van der Waals surface area (Å²) < 4.78 is 27.4. The van der Waals surface area contributed by atoms with E-state index in [0.29, 0.717) is 0 Å². The number of hydrogen-bond donors (Lipinski definition) is 0. The van der Waals surface area contributed by atoms with Gasteiger partial charge < -0.3 is 17.7 Å². The Bertz CT molecular complexity index is 5930. The van der Waals surface area contributed by atoms with Gasteiger partial charge in [0.25, 0.3) is 0 Å². The van der Waals surface area contributed by atoms with E-state index in [0.717, 1.165) is 143 Å². The van der Waals surface area contributed by atoms with Gasteiger partial charge in [-0.3, -0.25) is 0 Å². The molecule has 15 aromatic carbocycles. The molecule has 0 saturated carbocycles. The summed E-state index contributed by atoms with van der Waals surface area (Å²) in [6, 6.07) is 96.3. The molecule has 4 heterocycles. The van der Waals surface area contributed by atoms with Crippen LogP contribution in [0, 0.1) is 0 Å². The zero-order chi connectivity index (χ0) is 54.7. The third-order valence-electron chi connectivity index (χ3n) is 18.0. The van der Waals surface area contributed by atoms with Gasteiger partial charge in [-0.1, -0.05) is 212 Å². The van der Waals surface area contributed by atoms with Crippen molar-refractivity contribution in [3.63, 3.8) is 0 Å². The van der Waals surface area contributed by atoms with Crippen LogP contribution in [0.2, 0.25) is 0 Å². The number of para-hydroxylation sites is 3. The van der Waals surface area contributed by atoms with Crippen molar-refractivity contribution >= 4 is 142 Å². The van der Waals surface area contributed by atoms with Crippen molar-refractivity contribution in [3.05, 3.63) is 267 Å². The average Bonchev–Trinajstić information content (AvgIpc) is 1.63. The number of fused-ring (bicyclic) bond motifs is 19. The number of furan rings is 4. The van der Waals surface area contributed by atoms with Crippen molar-refractivity contribution in [1.29, 1.82) is 0 Å². The molecule has 0 atom stereocenters. The largest absolute Gasteiger partial charge is 0.455 e. The van der Waals surface area contributed by atoms with E-state index in [2.05, 4.69) is 255 Å². The van der Waals surface area contributed by atoms with E-state index in [4.69, 9.17) is 17.7 Å². The van der Waals surface area contributed by atoms with Crippen molar-refractivity contribution < 1.29 is 17.7 Å². The molecule has 19 aromatic rings. The van der Waals surface area contributed by atoms with Crippen LogP contribution in [0.4, 0.5) is 0 Å². The molecule has 0 N–H and O–H groups in total. The molecule has 0 unspecified atom stereocenters. The molecular weight excluding hydrogens is 1020 g/mol. The minimum Gasteiger partial charge on any atom is -0.455 e. The molecule has 0 aliphatic heterocycles. The summed E-state index contributed by atoms with van der Waals surface area (Å²) in [4.78, 5) is 0. The Morgan fingerprint density at radius 2 is 0.607 bits per heavy atom. The summed E-state index contributed by atoms with van der Waals surface area (Å²) in [6.07, 6.45) is 0. The van der Waals surface area contributed by atoms with Crippen LogP contribution in [-0.4, -0.2) is 0 Å². The molecule has 0 saturated heterocycles.